The summed E-state index contributed by atoms with van der Waals surface area (Å²) in [6.45, 7) is 5.54. The molecule has 3 aliphatic rings. The number of carbonyl (C=O) groups is 1. The first-order valence-corrected chi connectivity index (χ1v) is 7.25. The van der Waals surface area contributed by atoms with Crippen molar-refractivity contribution in [1.29, 1.82) is 0 Å². The van der Waals surface area contributed by atoms with E-state index in [9.17, 15) is 4.79 Å². The highest BCUT2D eigenvalue weighted by Gasteiger charge is 2.34. The molecule has 6 heteroatoms. The average molecular weight is 295 g/mol. The Morgan fingerprint density at radius 3 is 2.80 bits per heavy atom. The fourth-order valence-corrected chi connectivity index (χ4v) is 2.82. The Hall–Kier alpha value is -1.17. The fourth-order valence-electron chi connectivity index (χ4n) is 2.65. The van der Waals surface area contributed by atoms with Crippen molar-refractivity contribution in [3.8, 4) is 0 Å². The molecule has 0 aromatic carbocycles. The van der Waals surface area contributed by atoms with Crippen LogP contribution in [0.15, 0.2) is 28.9 Å². The van der Waals surface area contributed by atoms with Gasteiger partial charge in [-0.3, -0.25) is 14.7 Å². The van der Waals surface area contributed by atoms with Crippen molar-refractivity contribution < 1.29 is 4.79 Å². The van der Waals surface area contributed by atoms with E-state index in [-0.39, 0.29) is 5.91 Å². The lowest BCUT2D eigenvalue weighted by Gasteiger charge is -2.37. The number of likely N-dealkylation sites (N-methyl/N-ethyl adjacent to an activating group) is 1. The minimum absolute atomic E-state index is 0.0627. The van der Waals surface area contributed by atoms with Crippen molar-refractivity contribution in [2.24, 2.45) is 4.99 Å². The number of allylic oxidation sites excluding steroid dienone is 3. The van der Waals surface area contributed by atoms with Crippen LogP contribution in [0.2, 0.25) is 0 Å². The lowest BCUT2D eigenvalue weighted by molar-refractivity contribution is -0.126. The normalized spacial score (nSPS) is 35.1. The molecule has 2 heterocycles. The molecule has 3 rings (SSSR count). The molecule has 0 radical (unpaired) electrons. The summed E-state index contributed by atoms with van der Waals surface area (Å²) in [5.41, 5.74) is 1.53. The number of amides is 1. The van der Waals surface area contributed by atoms with Gasteiger partial charge in [0.2, 0.25) is 0 Å². The van der Waals surface area contributed by atoms with Crippen molar-refractivity contribution in [2.45, 2.75) is 18.0 Å². The van der Waals surface area contributed by atoms with Crippen LogP contribution in [0, 0.1) is 0 Å². The highest BCUT2D eigenvalue weighted by atomic mass is 35.5. The zero-order valence-electron chi connectivity index (χ0n) is 11.8. The molecule has 2 unspecified atom stereocenters. The van der Waals surface area contributed by atoms with Crippen LogP contribution in [-0.4, -0.2) is 65.7 Å². The smallest absolute Gasteiger partial charge is 0.264 e. The lowest BCUT2D eigenvalue weighted by atomic mass is 9.99. The van der Waals surface area contributed by atoms with Crippen LogP contribution in [0.5, 0.6) is 0 Å². The number of fused-ring (bicyclic) bond motifs is 1. The molecule has 20 heavy (non-hydrogen) atoms. The quantitative estimate of drug-likeness (QED) is 0.720. The van der Waals surface area contributed by atoms with Crippen LogP contribution in [0.4, 0.5) is 0 Å². The molecule has 0 aromatic rings. The fraction of sp³-hybridized carbons (Fsp3) is 0.571. The molecule has 1 fully saturated rings. The SMILES string of the molecule is CN1CCN(C2N=C3C=CC(C)(Cl)C=C3NC2=O)CC1. The molecule has 1 aliphatic carbocycles. The third-order valence-electron chi connectivity index (χ3n) is 3.91. The summed E-state index contributed by atoms with van der Waals surface area (Å²) in [6, 6.07) is 0. The number of nitrogens with one attached hydrogen (secondary N) is 1. The van der Waals surface area contributed by atoms with Crippen molar-refractivity contribution in [3.05, 3.63) is 23.9 Å². The van der Waals surface area contributed by atoms with E-state index in [2.05, 4.69) is 27.2 Å². The molecule has 1 saturated heterocycles. The van der Waals surface area contributed by atoms with Gasteiger partial charge >= 0.3 is 0 Å². The number of aliphatic imine (C=N–C) groups is 1. The molecule has 5 nitrogen and oxygen atoms in total. The molecule has 2 atom stereocenters. The predicted octanol–water partition coefficient (Wildman–Crippen LogP) is 0.582. The lowest BCUT2D eigenvalue weighted by Crippen LogP contribution is -2.56. The zero-order valence-corrected chi connectivity index (χ0v) is 12.5. The molecule has 0 spiro atoms. The van der Waals surface area contributed by atoms with Crippen LogP contribution in [-0.2, 0) is 4.79 Å². The second-order valence-corrected chi connectivity index (χ2v) is 6.57. The maximum absolute atomic E-state index is 12.3. The topological polar surface area (TPSA) is 47.9 Å². The standard InChI is InChI=1S/C14H19ClN4O/c1-14(15)4-3-10-11(9-14)17-13(20)12(16-10)19-7-5-18(2)6-8-19/h3-4,9,12H,5-8H2,1-2H3,(H,17,20). The Kier molecular flexibility index (Phi) is 3.44. The van der Waals surface area contributed by atoms with E-state index in [1.807, 2.05) is 25.2 Å². The summed E-state index contributed by atoms with van der Waals surface area (Å²) in [5.74, 6) is -0.0627. The number of rotatable bonds is 1. The monoisotopic (exact) mass is 294 g/mol. The van der Waals surface area contributed by atoms with Gasteiger partial charge in [0.1, 0.15) is 0 Å². The first-order chi connectivity index (χ1) is 9.44. The predicted molar refractivity (Wildman–Crippen MR) is 79.9 cm³/mol. The Morgan fingerprint density at radius 2 is 2.10 bits per heavy atom. The summed E-state index contributed by atoms with van der Waals surface area (Å²) in [7, 11) is 2.09. The van der Waals surface area contributed by atoms with E-state index in [0.717, 1.165) is 37.6 Å². The van der Waals surface area contributed by atoms with Crippen molar-refractivity contribution in [2.75, 3.05) is 33.2 Å². The van der Waals surface area contributed by atoms with Crippen molar-refractivity contribution in [3.63, 3.8) is 0 Å². The Labute approximate surface area is 124 Å². The Bertz CT molecular complexity index is 515. The minimum atomic E-state index is -0.553. The van der Waals surface area contributed by atoms with Gasteiger partial charge in [-0.25, -0.2) is 0 Å². The van der Waals surface area contributed by atoms with Gasteiger partial charge in [0.05, 0.1) is 16.3 Å². The number of carbonyl (C=O) groups excluding carboxylic acids is 1. The third kappa shape index (κ3) is 2.66. The zero-order chi connectivity index (χ0) is 14.3. The van der Waals surface area contributed by atoms with Crippen molar-refractivity contribution >= 4 is 23.2 Å². The number of piperazine rings is 1. The van der Waals surface area contributed by atoms with E-state index >= 15 is 0 Å². The molecule has 2 aliphatic heterocycles. The van der Waals surface area contributed by atoms with Gasteiger partial charge in [-0.2, -0.15) is 0 Å². The van der Waals surface area contributed by atoms with Crippen LogP contribution in [0.25, 0.3) is 0 Å². The summed E-state index contributed by atoms with van der Waals surface area (Å²) in [5, 5.41) is 2.93. The van der Waals surface area contributed by atoms with Gasteiger partial charge in [-0.05, 0) is 26.1 Å². The number of hydrogen-bond acceptors (Lipinski definition) is 4. The van der Waals surface area contributed by atoms with E-state index in [0.29, 0.717) is 0 Å². The highest BCUT2D eigenvalue weighted by Crippen LogP contribution is 2.26. The first kappa shape index (κ1) is 13.8. The number of nitrogens with zero attached hydrogens (tertiary/aromatic N) is 3. The van der Waals surface area contributed by atoms with E-state index in [1.54, 1.807) is 0 Å². The van der Waals surface area contributed by atoms with E-state index in [1.165, 1.54) is 0 Å². The van der Waals surface area contributed by atoms with Gasteiger partial charge in [-0.15, -0.1) is 11.6 Å². The van der Waals surface area contributed by atoms with Crippen LogP contribution in [0.3, 0.4) is 0 Å². The second-order valence-electron chi connectivity index (χ2n) is 5.76. The van der Waals surface area contributed by atoms with Gasteiger partial charge in [-0.1, -0.05) is 6.08 Å². The number of alkyl halides is 1. The molecule has 0 bridgehead atoms. The summed E-state index contributed by atoms with van der Waals surface area (Å²) < 4.78 is 0. The van der Waals surface area contributed by atoms with Gasteiger partial charge in [0, 0.05) is 26.2 Å². The summed E-state index contributed by atoms with van der Waals surface area (Å²) in [4.78, 5) is 20.7. The largest absolute Gasteiger partial charge is 0.321 e. The number of hydrogen-bond donors (Lipinski definition) is 1. The minimum Gasteiger partial charge on any atom is -0.321 e. The van der Waals surface area contributed by atoms with Crippen LogP contribution in [0.1, 0.15) is 6.92 Å². The molecule has 108 valence electrons. The van der Waals surface area contributed by atoms with Crippen molar-refractivity contribution in [1.82, 2.24) is 15.1 Å². The van der Waals surface area contributed by atoms with E-state index < -0.39 is 11.0 Å². The Balaban J connectivity index is 1.82. The van der Waals surface area contributed by atoms with Crippen LogP contribution < -0.4 is 5.32 Å². The molecule has 1 N–H and O–H groups in total. The van der Waals surface area contributed by atoms with Gasteiger partial charge < -0.3 is 10.2 Å². The highest BCUT2D eigenvalue weighted by molar-refractivity contribution is 6.28. The summed E-state index contributed by atoms with van der Waals surface area (Å²) in [6.07, 6.45) is 5.21. The number of halogens is 1. The maximum atomic E-state index is 12.3. The maximum Gasteiger partial charge on any atom is 0.264 e. The molecule has 0 aromatic heterocycles. The average Bonchev–Trinajstić information content (AvgIpc) is 2.38. The Morgan fingerprint density at radius 1 is 1.40 bits per heavy atom. The van der Waals surface area contributed by atoms with Gasteiger partial charge in [0.15, 0.2) is 6.17 Å². The molecule has 0 saturated carbocycles. The third-order valence-corrected chi connectivity index (χ3v) is 4.14. The first-order valence-electron chi connectivity index (χ1n) is 6.87. The molecular formula is C14H19ClN4O. The molecule has 1 amide bonds. The molecular weight excluding hydrogens is 276 g/mol. The van der Waals surface area contributed by atoms with E-state index in [4.69, 9.17) is 11.6 Å². The van der Waals surface area contributed by atoms with Gasteiger partial charge in [0.25, 0.3) is 5.91 Å². The second kappa shape index (κ2) is 4.98. The van der Waals surface area contributed by atoms with Crippen LogP contribution >= 0.6 is 11.6 Å². The summed E-state index contributed by atoms with van der Waals surface area (Å²) >= 11 is 6.26.